The summed E-state index contributed by atoms with van der Waals surface area (Å²) in [5, 5.41) is 6.55. The summed E-state index contributed by atoms with van der Waals surface area (Å²) in [6.07, 6.45) is 6.17. The lowest BCUT2D eigenvalue weighted by molar-refractivity contribution is 0.0974. The molecular formula is C12H19N5. The summed E-state index contributed by atoms with van der Waals surface area (Å²) >= 11 is 0. The lowest BCUT2D eigenvalue weighted by Gasteiger charge is -2.45. The molecule has 0 amide bonds. The van der Waals surface area contributed by atoms with Crippen LogP contribution >= 0.6 is 0 Å². The van der Waals surface area contributed by atoms with Crippen molar-refractivity contribution in [3.05, 3.63) is 12.4 Å². The Balaban J connectivity index is 1.70. The zero-order valence-electron chi connectivity index (χ0n) is 10.2. The largest absolute Gasteiger partial charge is 0.372 e. The molecule has 0 aromatic carbocycles. The lowest BCUT2D eigenvalue weighted by atomic mass is 9.84. The van der Waals surface area contributed by atoms with E-state index in [0.717, 1.165) is 24.1 Å². The van der Waals surface area contributed by atoms with E-state index in [1.54, 1.807) is 12.4 Å². The van der Waals surface area contributed by atoms with Gasteiger partial charge in [-0.2, -0.15) is 0 Å². The molecule has 1 aromatic heterocycles. The Bertz CT molecular complexity index is 386. The first-order valence-electron chi connectivity index (χ1n) is 6.34. The van der Waals surface area contributed by atoms with E-state index in [1.165, 1.54) is 25.9 Å². The van der Waals surface area contributed by atoms with Crippen LogP contribution in [0.2, 0.25) is 0 Å². The quantitative estimate of drug-likeness (QED) is 0.816. The third kappa shape index (κ3) is 2.20. The number of hydrogen-bond acceptors (Lipinski definition) is 5. The summed E-state index contributed by atoms with van der Waals surface area (Å²) in [5.41, 5.74) is 0. The predicted molar refractivity (Wildman–Crippen MR) is 68.2 cm³/mol. The number of fused-ring (bicyclic) bond motifs is 3. The van der Waals surface area contributed by atoms with Gasteiger partial charge < -0.3 is 15.5 Å². The average molecular weight is 233 g/mol. The molecule has 92 valence electrons. The molecule has 5 heteroatoms. The molecule has 2 bridgehead atoms. The van der Waals surface area contributed by atoms with Gasteiger partial charge in [0.2, 0.25) is 0 Å². The second kappa shape index (κ2) is 4.49. The second-order valence-electron chi connectivity index (χ2n) is 4.93. The Kier molecular flexibility index (Phi) is 2.84. The van der Waals surface area contributed by atoms with Crippen molar-refractivity contribution in [3.8, 4) is 0 Å². The van der Waals surface area contributed by atoms with Crippen molar-refractivity contribution < 1.29 is 0 Å². The number of anilines is 2. The SMILES string of the molecule is CNc1cncc(NC2CN3CCC2CC3)n1. The molecule has 3 aliphatic rings. The van der Waals surface area contributed by atoms with Gasteiger partial charge in [0, 0.05) is 19.6 Å². The summed E-state index contributed by atoms with van der Waals surface area (Å²) in [4.78, 5) is 11.2. The molecule has 4 heterocycles. The van der Waals surface area contributed by atoms with Crippen LogP contribution in [-0.2, 0) is 0 Å². The van der Waals surface area contributed by atoms with Gasteiger partial charge in [-0.25, -0.2) is 4.98 Å². The fourth-order valence-electron chi connectivity index (χ4n) is 2.87. The van der Waals surface area contributed by atoms with Crippen LogP contribution in [0.4, 0.5) is 11.6 Å². The Morgan fingerprint density at radius 3 is 2.65 bits per heavy atom. The third-order valence-corrected chi connectivity index (χ3v) is 3.88. The number of piperidine rings is 3. The summed E-state index contributed by atoms with van der Waals surface area (Å²) < 4.78 is 0. The summed E-state index contributed by atoms with van der Waals surface area (Å²) in [6, 6.07) is 0.541. The van der Waals surface area contributed by atoms with Crippen LogP contribution in [0.1, 0.15) is 12.8 Å². The van der Waals surface area contributed by atoms with Crippen LogP contribution in [0.3, 0.4) is 0 Å². The minimum Gasteiger partial charge on any atom is -0.372 e. The maximum atomic E-state index is 4.47. The van der Waals surface area contributed by atoms with E-state index < -0.39 is 0 Å². The van der Waals surface area contributed by atoms with Gasteiger partial charge in [0.25, 0.3) is 0 Å². The van der Waals surface area contributed by atoms with Gasteiger partial charge in [-0.05, 0) is 31.8 Å². The minimum absolute atomic E-state index is 0.541. The zero-order chi connectivity index (χ0) is 11.7. The normalized spacial score (nSPS) is 31.2. The molecular weight excluding hydrogens is 214 g/mol. The third-order valence-electron chi connectivity index (χ3n) is 3.88. The van der Waals surface area contributed by atoms with Crippen LogP contribution in [0.5, 0.6) is 0 Å². The van der Waals surface area contributed by atoms with E-state index in [-0.39, 0.29) is 0 Å². The van der Waals surface area contributed by atoms with Crippen molar-refractivity contribution in [1.29, 1.82) is 0 Å². The second-order valence-corrected chi connectivity index (χ2v) is 4.93. The molecule has 1 aromatic rings. The van der Waals surface area contributed by atoms with Crippen LogP contribution < -0.4 is 10.6 Å². The van der Waals surface area contributed by atoms with E-state index >= 15 is 0 Å². The smallest absolute Gasteiger partial charge is 0.147 e. The maximum Gasteiger partial charge on any atom is 0.147 e. The number of nitrogens with one attached hydrogen (secondary N) is 2. The Labute approximate surface area is 102 Å². The van der Waals surface area contributed by atoms with Crippen LogP contribution in [0, 0.1) is 5.92 Å². The molecule has 0 saturated carbocycles. The molecule has 4 rings (SSSR count). The van der Waals surface area contributed by atoms with Gasteiger partial charge in [-0.15, -0.1) is 0 Å². The van der Waals surface area contributed by atoms with E-state index in [1.807, 2.05) is 7.05 Å². The molecule has 0 spiro atoms. The highest BCUT2D eigenvalue weighted by Crippen LogP contribution is 2.29. The molecule has 17 heavy (non-hydrogen) atoms. The van der Waals surface area contributed by atoms with Crippen molar-refractivity contribution >= 4 is 11.6 Å². The lowest BCUT2D eigenvalue weighted by Crippen LogP contribution is -2.53. The number of aromatic nitrogens is 2. The van der Waals surface area contributed by atoms with Crippen molar-refractivity contribution in [3.63, 3.8) is 0 Å². The fraction of sp³-hybridized carbons (Fsp3) is 0.667. The van der Waals surface area contributed by atoms with Gasteiger partial charge in [0.05, 0.1) is 12.4 Å². The first-order valence-corrected chi connectivity index (χ1v) is 6.34. The first kappa shape index (κ1) is 10.8. The van der Waals surface area contributed by atoms with E-state index in [0.29, 0.717) is 6.04 Å². The molecule has 1 unspecified atom stereocenters. The highest BCUT2D eigenvalue weighted by molar-refractivity contribution is 5.42. The molecule has 5 nitrogen and oxygen atoms in total. The van der Waals surface area contributed by atoms with E-state index in [2.05, 4.69) is 25.5 Å². The van der Waals surface area contributed by atoms with Crippen LogP contribution in [0.25, 0.3) is 0 Å². The van der Waals surface area contributed by atoms with E-state index in [4.69, 9.17) is 0 Å². The average Bonchev–Trinajstić information content (AvgIpc) is 2.40. The molecule has 3 fully saturated rings. The molecule has 2 N–H and O–H groups in total. The molecule has 0 aliphatic carbocycles. The standard InChI is InChI=1S/C12H19N5/c1-13-11-6-14-7-12(16-11)15-10-8-17-4-2-9(10)3-5-17/h6-7,9-10H,2-5,8H2,1H3,(H2,13,15,16). The topological polar surface area (TPSA) is 53.1 Å². The molecule has 3 aliphatic heterocycles. The number of hydrogen-bond donors (Lipinski definition) is 2. The van der Waals surface area contributed by atoms with Crippen LogP contribution in [0.15, 0.2) is 12.4 Å². The zero-order valence-corrected chi connectivity index (χ0v) is 10.2. The van der Waals surface area contributed by atoms with Crippen molar-refractivity contribution in [2.75, 3.05) is 37.3 Å². The monoisotopic (exact) mass is 233 g/mol. The summed E-state index contributed by atoms with van der Waals surface area (Å²) in [5.74, 6) is 2.51. The van der Waals surface area contributed by atoms with Crippen molar-refractivity contribution in [1.82, 2.24) is 14.9 Å². The van der Waals surface area contributed by atoms with E-state index in [9.17, 15) is 0 Å². The summed E-state index contributed by atoms with van der Waals surface area (Å²) in [6.45, 7) is 3.69. The highest BCUT2D eigenvalue weighted by atomic mass is 15.2. The van der Waals surface area contributed by atoms with Gasteiger partial charge in [-0.1, -0.05) is 0 Å². The van der Waals surface area contributed by atoms with Gasteiger partial charge in [0.15, 0.2) is 0 Å². The maximum absolute atomic E-state index is 4.47. The first-order chi connectivity index (χ1) is 8.35. The highest BCUT2D eigenvalue weighted by Gasteiger charge is 2.34. The van der Waals surface area contributed by atoms with Crippen molar-refractivity contribution in [2.45, 2.75) is 18.9 Å². The predicted octanol–water partition coefficient (Wildman–Crippen LogP) is 1.02. The molecule has 0 radical (unpaired) electrons. The summed E-state index contributed by atoms with van der Waals surface area (Å²) in [7, 11) is 1.86. The molecule has 1 atom stereocenters. The fourth-order valence-corrected chi connectivity index (χ4v) is 2.87. The van der Waals surface area contributed by atoms with Crippen LogP contribution in [-0.4, -0.2) is 47.6 Å². The molecule has 3 saturated heterocycles. The number of nitrogens with zero attached hydrogens (tertiary/aromatic N) is 3. The van der Waals surface area contributed by atoms with Crippen molar-refractivity contribution in [2.24, 2.45) is 5.92 Å². The Morgan fingerprint density at radius 1 is 1.24 bits per heavy atom. The Morgan fingerprint density at radius 2 is 2.00 bits per heavy atom. The van der Waals surface area contributed by atoms with Gasteiger partial charge >= 0.3 is 0 Å². The van der Waals surface area contributed by atoms with Gasteiger partial charge in [0.1, 0.15) is 11.6 Å². The minimum atomic E-state index is 0.541. The Hall–Kier alpha value is -1.36. The number of rotatable bonds is 3. The van der Waals surface area contributed by atoms with Gasteiger partial charge in [-0.3, -0.25) is 4.98 Å².